The first-order valence-corrected chi connectivity index (χ1v) is 10.2. The van der Waals surface area contributed by atoms with Gasteiger partial charge in [-0.05, 0) is 32.4 Å². The summed E-state index contributed by atoms with van der Waals surface area (Å²) in [5.41, 5.74) is 1.11. The SMILES string of the molecule is CCOCCCN(CC(=O)Nc1nc(C)cs1)C(=O)c1c(OC)cccc1OC. The second kappa shape index (κ2) is 11.4. The summed E-state index contributed by atoms with van der Waals surface area (Å²) in [7, 11) is 2.98. The molecule has 2 amide bonds. The Labute approximate surface area is 174 Å². The monoisotopic (exact) mass is 421 g/mol. The molecule has 1 aromatic heterocycles. The third-order valence-corrected chi connectivity index (χ3v) is 4.93. The van der Waals surface area contributed by atoms with Gasteiger partial charge in [-0.25, -0.2) is 4.98 Å². The van der Waals surface area contributed by atoms with E-state index in [0.717, 1.165) is 5.69 Å². The molecule has 9 heteroatoms. The number of nitrogens with one attached hydrogen (secondary N) is 1. The molecule has 0 radical (unpaired) electrons. The number of ether oxygens (including phenoxy) is 3. The summed E-state index contributed by atoms with van der Waals surface area (Å²) in [6.07, 6.45) is 0.598. The van der Waals surface area contributed by atoms with E-state index in [1.165, 1.54) is 30.5 Å². The van der Waals surface area contributed by atoms with Gasteiger partial charge in [0.2, 0.25) is 5.91 Å². The van der Waals surface area contributed by atoms with E-state index in [-0.39, 0.29) is 23.9 Å². The number of carbonyl (C=O) groups is 2. The summed E-state index contributed by atoms with van der Waals surface area (Å²) >= 11 is 1.34. The van der Waals surface area contributed by atoms with Crippen LogP contribution in [0.5, 0.6) is 11.5 Å². The number of aromatic nitrogens is 1. The number of hydrogen-bond acceptors (Lipinski definition) is 7. The summed E-state index contributed by atoms with van der Waals surface area (Å²) in [6, 6.07) is 5.12. The third kappa shape index (κ3) is 6.43. The highest BCUT2D eigenvalue weighted by Crippen LogP contribution is 2.29. The lowest BCUT2D eigenvalue weighted by atomic mass is 10.1. The Bertz CT molecular complexity index is 802. The highest BCUT2D eigenvalue weighted by Gasteiger charge is 2.25. The molecule has 2 aromatic rings. The maximum absolute atomic E-state index is 13.3. The maximum Gasteiger partial charge on any atom is 0.261 e. The van der Waals surface area contributed by atoms with Gasteiger partial charge in [0, 0.05) is 25.1 Å². The number of thiazole rings is 1. The second-order valence-corrected chi connectivity index (χ2v) is 7.02. The van der Waals surface area contributed by atoms with E-state index >= 15 is 0 Å². The number of nitrogens with zero attached hydrogens (tertiary/aromatic N) is 2. The van der Waals surface area contributed by atoms with E-state index in [9.17, 15) is 9.59 Å². The molecule has 0 fully saturated rings. The van der Waals surface area contributed by atoms with Crippen molar-refractivity contribution in [2.45, 2.75) is 20.3 Å². The first-order chi connectivity index (χ1) is 14.0. The van der Waals surface area contributed by atoms with E-state index < -0.39 is 0 Å². The van der Waals surface area contributed by atoms with Crippen LogP contribution in [0.25, 0.3) is 0 Å². The standard InChI is InChI=1S/C20H27N3O5S/c1-5-28-11-7-10-23(12-17(24)22-20-21-14(2)13-29-20)19(25)18-15(26-3)8-6-9-16(18)27-4/h6,8-9,13H,5,7,10-12H2,1-4H3,(H,21,22,24). The van der Waals surface area contributed by atoms with Crippen LogP contribution in [-0.4, -0.2) is 62.2 Å². The predicted octanol–water partition coefficient (Wildman–Crippen LogP) is 2.98. The first-order valence-electron chi connectivity index (χ1n) is 9.30. The van der Waals surface area contributed by atoms with Gasteiger partial charge in [0.05, 0.1) is 19.9 Å². The van der Waals surface area contributed by atoms with Crippen LogP contribution in [-0.2, 0) is 9.53 Å². The van der Waals surface area contributed by atoms with Crippen molar-refractivity contribution in [1.29, 1.82) is 0 Å². The number of benzene rings is 1. The van der Waals surface area contributed by atoms with Crippen molar-refractivity contribution in [3.8, 4) is 11.5 Å². The van der Waals surface area contributed by atoms with Gasteiger partial charge in [0.1, 0.15) is 23.6 Å². The average molecular weight is 422 g/mol. The Morgan fingerprint density at radius 3 is 2.45 bits per heavy atom. The number of carbonyl (C=O) groups excluding carboxylic acids is 2. The highest BCUT2D eigenvalue weighted by atomic mass is 32.1. The molecule has 0 unspecified atom stereocenters. The van der Waals surface area contributed by atoms with E-state index in [0.29, 0.717) is 42.8 Å². The summed E-state index contributed by atoms with van der Waals surface area (Å²) in [4.78, 5) is 31.5. The molecule has 2 rings (SSSR count). The quantitative estimate of drug-likeness (QED) is 0.561. The van der Waals surface area contributed by atoms with Gasteiger partial charge in [-0.1, -0.05) is 6.07 Å². The fourth-order valence-corrected chi connectivity index (χ4v) is 3.42. The Hall–Kier alpha value is -2.65. The van der Waals surface area contributed by atoms with Gasteiger partial charge in [0.25, 0.3) is 5.91 Å². The molecule has 29 heavy (non-hydrogen) atoms. The molecule has 1 N–H and O–H groups in total. The van der Waals surface area contributed by atoms with Gasteiger partial charge in [-0.3, -0.25) is 9.59 Å². The van der Waals surface area contributed by atoms with Crippen LogP contribution < -0.4 is 14.8 Å². The van der Waals surface area contributed by atoms with Crippen molar-refractivity contribution in [2.24, 2.45) is 0 Å². The zero-order chi connectivity index (χ0) is 21.2. The van der Waals surface area contributed by atoms with Crippen LogP contribution in [0.15, 0.2) is 23.6 Å². The van der Waals surface area contributed by atoms with Gasteiger partial charge in [-0.15, -0.1) is 11.3 Å². The van der Waals surface area contributed by atoms with E-state index in [1.807, 2.05) is 19.2 Å². The van der Waals surface area contributed by atoms with Crippen LogP contribution in [0.3, 0.4) is 0 Å². The Morgan fingerprint density at radius 2 is 1.90 bits per heavy atom. The number of anilines is 1. The molecule has 1 aromatic carbocycles. The van der Waals surface area contributed by atoms with E-state index in [1.54, 1.807) is 18.2 Å². The topological polar surface area (TPSA) is 90.0 Å². The van der Waals surface area contributed by atoms with Crippen LogP contribution in [0.4, 0.5) is 5.13 Å². The van der Waals surface area contributed by atoms with Crippen molar-refractivity contribution in [3.63, 3.8) is 0 Å². The Balaban J connectivity index is 2.20. The lowest BCUT2D eigenvalue weighted by Crippen LogP contribution is -2.39. The van der Waals surface area contributed by atoms with Crippen LogP contribution >= 0.6 is 11.3 Å². The summed E-state index contributed by atoms with van der Waals surface area (Å²) in [5.74, 6) is 0.111. The predicted molar refractivity (Wildman–Crippen MR) is 112 cm³/mol. The molecular formula is C20H27N3O5S. The molecule has 0 saturated heterocycles. The van der Waals surface area contributed by atoms with Gasteiger partial charge in [0.15, 0.2) is 5.13 Å². The summed E-state index contributed by atoms with van der Waals surface area (Å²) in [6.45, 7) is 5.08. The zero-order valence-corrected chi connectivity index (χ0v) is 18.0. The van der Waals surface area contributed by atoms with Crippen molar-refractivity contribution >= 4 is 28.3 Å². The molecular weight excluding hydrogens is 394 g/mol. The summed E-state index contributed by atoms with van der Waals surface area (Å²) in [5, 5.41) is 5.09. The molecule has 1 heterocycles. The van der Waals surface area contributed by atoms with Gasteiger partial charge in [-0.2, -0.15) is 0 Å². The van der Waals surface area contributed by atoms with Crippen LogP contribution in [0.1, 0.15) is 29.4 Å². The smallest absolute Gasteiger partial charge is 0.261 e. The zero-order valence-electron chi connectivity index (χ0n) is 17.2. The number of hydrogen-bond donors (Lipinski definition) is 1. The van der Waals surface area contributed by atoms with Gasteiger partial charge < -0.3 is 24.4 Å². The second-order valence-electron chi connectivity index (χ2n) is 6.16. The molecule has 0 bridgehead atoms. The molecule has 0 aliphatic carbocycles. The molecule has 8 nitrogen and oxygen atoms in total. The fraction of sp³-hybridized carbons (Fsp3) is 0.450. The summed E-state index contributed by atoms with van der Waals surface area (Å²) < 4.78 is 16.1. The normalized spacial score (nSPS) is 10.5. The number of aryl methyl sites for hydroxylation is 1. The van der Waals surface area contributed by atoms with Crippen molar-refractivity contribution in [2.75, 3.05) is 45.8 Å². The average Bonchev–Trinajstić information content (AvgIpc) is 3.13. The van der Waals surface area contributed by atoms with E-state index in [2.05, 4.69) is 10.3 Å². The van der Waals surface area contributed by atoms with Crippen LogP contribution in [0, 0.1) is 6.92 Å². The Kier molecular flexibility index (Phi) is 8.88. The van der Waals surface area contributed by atoms with E-state index in [4.69, 9.17) is 14.2 Å². The minimum atomic E-state index is -0.346. The highest BCUT2D eigenvalue weighted by molar-refractivity contribution is 7.13. The molecule has 0 atom stereocenters. The van der Waals surface area contributed by atoms with Gasteiger partial charge >= 0.3 is 0 Å². The fourth-order valence-electron chi connectivity index (χ4n) is 2.72. The van der Waals surface area contributed by atoms with Crippen molar-refractivity contribution in [3.05, 3.63) is 34.8 Å². The number of rotatable bonds is 11. The minimum Gasteiger partial charge on any atom is -0.496 e. The number of methoxy groups -OCH3 is 2. The van der Waals surface area contributed by atoms with Crippen molar-refractivity contribution < 1.29 is 23.8 Å². The molecule has 0 aliphatic heterocycles. The number of amides is 2. The Morgan fingerprint density at radius 1 is 1.21 bits per heavy atom. The maximum atomic E-state index is 13.3. The molecule has 0 aliphatic rings. The lowest BCUT2D eigenvalue weighted by molar-refractivity contribution is -0.117. The molecule has 158 valence electrons. The van der Waals surface area contributed by atoms with Crippen molar-refractivity contribution in [1.82, 2.24) is 9.88 Å². The molecule has 0 saturated carbocycles. The largest absolute Gasteiger partial charge is 0.496 e. The minimum absolute atomic E-state index is 0.120. The molecule has 0 spiro atoms. The van der Waals surface area contributed by atoms with Crippen LogP contribution in [0.2, 0.25) is 0 Å². The third-order valence-electron chi connectivity index (χ3n) is 4.05. The lowest BCUT2D eigenvalue weighted by Gasteiger charge is -2.24. The first kappa shape index (κ1) is 22.6.